The van der Waals surface area contributed by atoms with E-state index in [0.29, 0.717) is 0 Å². The molecule has 1 aliphatic heterocycles. The predicted octanol–water partition coefficient (Wildman–Crippen LogP) is 6.92. The van der Waals surface area contributed by atoms with Crippen LogP contribution in [0.3, 0.4) is 0 Å². The molecule has 3 nitrogen and oxygen atoms in total. The van der Waals surface area contributed by atoms with Gasteiger partial charge in [0.2, 0.25) is 0 Å². The normalized spacial score (nSPS) is 14.4. The monoisotopic (exact) mass is 633 g/mol. The maximum atomic E-state index is 7.13. The van der Waals surface area contributed by atoms with Crippen molar-refractivity contribution in [2.24, 2.45) is 4.99 Å². The summed E-state index contributed by atoms with van der Waals surface area (Å²) in [7, 11) is 0. The molecular formula is C30H28BrNO2Sn. The zero-order valence-electron chi connectivity index (χ0n) is 20.2. The van der Waals surface area contributed by atoms with E-state index in [9.17, 15) is 0 Å². The second kappa shape index (κ2) is 9.82. The van der Waals surface area contributed by atoms with Crippen molar-refractivity contribution in [2.75, 3.05) is 0 Å². The summed E-state index contributed by atoms with van der Waals surface area (Å²) in [6, 6.07) is 33.3. The molecule has 0 N–H and O–H groups in total. The van der Waals surface area contributed by atoms with Gasteiger partial charge in [-0.25, -0.2) is 0 Å². The van der Waals surface area contributed by atoms with Gasteiger partial charge in [-0.1, -0.05) is 0 Å². The molecule has 0 amide bonds. The van der Waals surface area contributed by atoms with Crippen LogP contribution in [0, 0.1) is 0 Å². The van der Waals surface area contributed by atoms with E-state index in [2.05, 4.69) is 109 Å². The van der Waals surface area contributed by atoms with Crippen molar-refractivity contribution in [1.29, 1.82) is 0 Å². The van der Waals surface area contributed by atoms with Gasteiger partial charge in [-0.05, 0) is 0 Å². The Labute approximate surface area is 220 Å². The van der Waals surface area contributed by atoms with Gasteiger partial charge in [0.05, 0.1) is 0 Å². The van der Waals surface area contributed by atoms with Crippen LogP contribution in [0.2, 0.25) is 0 Å². The fourth-order valence-electron chi connectivity index (χ4n) is 4.23. The molecule has 176 valence electrons. The number of aliphatic imine (C=N–C) groups is 1. The van der Waals surface area contributed by atoms with Crippen LogP contribution >= 0.6 is 15.9 Å². The average Bonchev–Trinajstić information content (AvgIpc) is 2.96. The fourth-order valence-corrected chi connectivity index (χ4v) is 13.4. The molecule has 4 aromatic carbocycles. The van der Waals surface area contributed by atoms with E-state index in [4.69, 9.17) is 11.1 Å². The number of hydrogen-bond acceptors (Lipinski definition) is 3. The van der Waals surface area contributed by atoms with Gasteiger partial charge in [0.25, 0.3) is 0 Å². The molecular weight excluding hydrogens is 605 g/mol. The molecule has 0 bridgehead atoms. The van der Waals surface area contributed by atoms with Crippen molar-refractivity contribution >= 4 is 54.2 Å². The van der Waals surface area contributed by atoms with E-state index in [1.807, 2.05) is 30.5 Å². The molecule has 35 heavy (non-hydrogen) atoms. The van der Waals surface area contributed by atoms with Crippen molar-refractivity contribution in [3.05, 3.63) is 113 Å². The zero-order valence-corrected chi connectivity index (χ0v) is 24.6. The van der Waals surface area contributed by atoms with Gasteiger partial charge in [-0.15, -0.1) is 0 Å². The number of nitrogens with zero attached hydrogens (tertiary/aromatic N) is 1. The fraction of sp³-hybridized carbons (Fsp3) is 0.167. The number of rotatable bonds is 4. The van der Waals surface area contributed by atoms with Crippen molar-refractivity contribution in [3.63, 3.8) is 0 Å². The summed E-state index contributed by atoms with van der Waals surface area (Å²) in [5.74, 6) is 1.54. The van der Waals surface area contributed by atoms with Crippen molar-refractivity contribution in [1.82, 2.24) is 0 Å². The van der Waals surface area contributed by atoms with Gasteiger partial charge in [0.15, 0.2) is 0 Å². The molecule has 0 fully saturated rings. The maximum absolute atomic E-state index is 7.13. The second-order valence-corrected chi connectivity index (χ2v) is 18.3. The molecule has 0 spiro atoms. The first kappa shape index (κ1) is 24.1. The average molecular weight is 633 g/mol. The summed E-state index contributed by atoms with van der Waals surface area (Å²) in [5.41, 5.74) is 3.03. The van der Waals surface area contributed by atoms with Crippen LogP contribution in [0.15, 0.2) is 107 Å². The van der Waals surface area contributed by atoms with Gasteiger partial charge in [0.1, 0.15) is 0 Å². The van der Waals surface area contributed by atoms with Crippen molar-refractivity contribution < 1.29 is 6.15 Å². The SMILES string of the molecule is CCC(C)(C)c1ccc2c(c1)N=Cc1cc(Br)ccc1[O][Sn]([c]1ccccc1)([c]1ccccc1)[O]2. The standard InChI is InChI=1S/C18H20BrNO2.2C6H5.Sn/c1-4-18(2,3)13-5-7-17(22)15(10-13)20-11-12-9-14(19)6-8-16(12)21;2*1-2-4-6-5-3-1;/h5-11,21-22H,4H2,1-3H3;2*1-5H;/q;;;+2/p-2. The van der Waals surface area contributed by atoms with Crippen LogP contribution in [0.25, 0.3) is 0 Å². The molecule has 0 radical (unpaired) electrons. The van der Waals surface area contributed by atoms with Gasteiger partial charge >= 0.3 is 222 Å². The Balaban J connectivity index is 1.80. The van der Waals surface area contributed by atoms with Gasteiger partial charge in [-0.2, -0.15) is 0 Å². The molecule has 5 heteroatoms. The quantitative estimate of drug-likeness (QED) is 0.229. The number of benzene rings is 4. The molecule has 0 saturated heterocycles. The molecule has 4 aromatic rings. The van der Waals surface area contributed by atoms with Crippen LogP contribution in [-0.4, -0.2) is 25.4 Å². The van der Waals surface area contributed by atoms with E-state index in [1.165, 1.54) is 5.56 Å². The third-order valence-electron chi connectivity index (χ3n) is 6.75. The van der Waals surface area contributed by atoms with Crippen LogP contribution in [-0.2, 0) is 5.41 Å². The van der Waals surface area contributed by atoms with Crippen LogP contribution in [0.5, 0.6) is 11.5 Å². The first-order chi connectivity index (χ1) is 16.9. The van der Waals surface area contributed by atoms with Crippen LogP contribution in [0.4, 0.5) is 5.69 Å². The number of hydrogen-bond donors (Lipinski definition) is 0. The third kappa shape index (κ3) is 4.78. The van der Waals surface area contributed by atoms with E-state index < -0.39 is 19.2 Å². The molecule has 0 unspecified atom stereocenters. The van der Waals surface area contributed by atoms with E-state index in [1.54, 1.807) is 0 Å². The molecule has 5 rings (SSSR count). The van der Waals surface area contributed by atoms with Crippen molar-refractivity contribution in [3.8, 4) is 11.5 Å². The summed E-state index contributed by atoms with van der Waals surface area (Å²) in [4.78, 5) is 4.93. The van der Waals surface area contributed by atoms with Crippen LogP contribution < -0.4 is 13.3 Å². The molecule has 0 aromatic heterocycles. The van der Waals surface area contributed by atoms with Gasteiger partial charge < -0.3 is 0 Å². The topological polar surface area (TPSA) is 30.8 Å². The summed E-state index contributed by atoms with van der Waals surface area (Å²) in [5, 5.41) is 0. The molecule has 1 aliphatic rings. The summed E-state index contributed by atoms with van der Waals surface area (Å²) in [6.45, 7) is 6.75. The number of fused-ring (bicyclic) bond motifs is 2. The number of halogens is 1. The summed E-state index contributed by atoms with van der Waals surface area (Å²) < 4.78 is 17.4. The zero-order chi connectivity index (χ0) is 24.5. The first-order valence-electron chi connectivity index (χ1n) is 11.9. The predicted molar refractivity (Wildman–Crippen MR) is 150 cm³/mol. The Hall–Kier alpha value is -2.57. The Morgan fingerprint density at radius 1 is 0.771 bits per heavy atom. The van der Waals surface area contributed by atoms with Crippen molar-refractivity contribution in [2.45, 2.75) is 32.6 Å². The summed E-state index contributed by atoms with van der Waals surface area (Å²) >= 11 is -0.652. The minimum absolute atomic E-state index is 0.0413. The minimum atomic E-state index is -4.27. The Morgan fingerprint density at radius 2 is 1.37 bits per heavy atom. The van der Waals surface area contributed by atoms with E-state index >= 15 is 0 Å². The van der Waals surface area contributed by atoms with E-state index in [0.717, 1.165) is 40.8 Å². The first-order valence-corrected chi connectivity index (χ1v) is 17.9. The van der Waals surface area contributed by atoms with E-state index in [-0.39, 0.29) is 5.41 Å². The van der Waals surface area contributed by atoms with Gasteiger partial charge in [0, 0.05) is 0 Å². The molecule has 0 atom stereocenters. The third-order valence-corrected chi connectivity index (χ3v) is 16.4. The van der Waals surface area contributed by atoms with Crippen LogP contribution in [0.1, 0.15) is 38.3 Å². The second-order valence-electron chi connectivity index (χ2n) is 9.41. The summed E-state index contributed by atoms with van der Waals surface area (Å²) in [6.07, 6.45) is 2.93. The Kier molecular flexibility index (Phi) is 6.77. The molecule has 1 heterocycles. The Morgan fingerprint density at radius 3 is 2.00 bits per heavy atom. The Bertz CT molecular complexity index is 1330. The molecule has 0 aliphatic carbocycles. The molecule has 0 saturated carbocycles. The van der Waals surface area contributed by atoms with Gasteiger partial charge in [-0.3, -0.25) is 0 Å².